The molecule has 1 atom stereocenters. The van der Waals surface area contributed by atoms with Gasteiger partial charge in [0.2, 0.25) is 0 Å². The van der Waals surface area contributed by atoms with Crippen molar-refractivity contribution in [1.82, 2.24) is 0 Å². The van der Waals surface area contributed by atoms with Crippen molar-refractivity contribution >= 4 is 5.97 Å². The second kappa shape index (κ2) is 7.66. The van der Waals surface area contributed by atoms with Crippen molar-refractivity contribution in [3.8, 4) is 0 Å². The third-order valence-corrected chi connectivity index (χ3v) is 3.32. The zero-order valence-electron chi connectivity index (χ0n) is 10.3. The van der Waals surface area contributed by atoms with Crippen LogP contribution in [0.4, 0.5) is 0 Å². The van der Waals surface area contributed by atoms with Gasteiger partial charge in [-0.2, -0.15) is 0 Å². The Hall–Kier alpha value is -0.570. The quantitative estimate of drug-likeness (QED) is 0.711. The molecule has 0 heterocycles. The van der Waals surface area contributed by atoms with E-state index in [1.807, 2.05) is 0 Å². The van der Waals surface area contributed by atoms with Crippen LogP contribution in [0.3, 0.4) is 0 Å². The van der Waals surface area contributed by atoms with Crippen molar-refractivity contribution < 1.29 is 14.6 Å². The number of aliphatic hydroxyl groups excluding tert-OH is 1. The Labute approximate surface area is 98.2 Å². The van der Waals surface area contributed by atoms with E-state index in [4.69, 9.17) is 4.74 Å². The van der Waals surface area contributed by atoms with Crippen molar-refractivity contribution in [1.29, 1.82) is 0 Å². The van der Waals surface area contributed by atoms with Gasteiger partial charge in [0.15, 0.2) is 0 Å². The number of ether oxygens (including phenoxy) is 1. The maximum Gasteiger partial charge on any atom is 0.305 e. The summed E-state index contributed by atoms with van der Waals surface area (Å²) in [5.74, 6) is 0.483. The van der Waals surface area contributed by atoms with Gasteiger partial charge in [0.1, 0.15) is 0 Å². The number of carbonyl (C=O) groups excluding carboxylic acids is 1. The molecule has 94 valence electrons. The summed E-state index contributed by atoms with van der Waals surface area (Å²) in [6, 6.07) is 0. The van der Waals surface area contributed by atoms with E-state index in [9.17, 15) is 9.90 Å². The minimum Gasteiger partial charge on any atom is -0.466 e. The summed E-state index contributed by atoms with van der Waals surface area (Å²) in [5, 5.41) is 9.81. The standard InChI is InChI=1S/C13H24O3/c1-2-16-13(15)9-8-12(14)10-11-6-4-3-5-7-11/h11-12,14H,2-10H2,1H3. The summed E-state index contributed by atoms with van der Waals surface area (Å²) in [7, 11) is 0. The van der Waals surface area contributed by atoms with Crippen LogP contribution in [-0.2, 0) is 9.53 Å². The molecule has 0 aliphatic heterocycles. The van der Waals surface area contributed by atoms with E-state index in [1.165, 1.54) is 32.1 Å². The lowest BCUT2D eigenvalue weighted by molar-refractivity contribution is -0.143. The summed E-state index contributed by atoms with van der Waals surface area (Å²) >= 11 is 0. The maximum absolute atomic E-state index is 11.1. The van der Waals surface area contributed by atoms with Crippen molar-refractivity contribution in [2.75, 3.05) is 6.61 Å². The first-order valence-corrected chi connectivity index (χ1v) is 6.56. The van der Waals surface area contributed by atoms with Crippen molar-refractivity contribution in [2.45, 2.75) is 64.4 Å². The zero-order valence-corrected chi connectivity index (χ0v) is 10.3. The predicted molar refractivity (Wildman–Crippen MR) is 63.1 cm³/mol. The minimum atomic E-state index is -0.326. The first kappa shape index (κ1) is 13.5. The molecule has 3 nitrogen and oxygen atoms in total. The number of hydrogen-bond acceptors (Lipinski definition) is 3. The maximum atomic E-state index is 11.1. The smallest absolute Gasteiger partial charge is 0.305 e. The highest BCUT2D eigenvalue weighted by atomic mass is 16.5. The van der Waals surface area contributed by atoms with Crippen LogP contribution in [-0.4, -0.2) is 23.8 Å². The molecule has 16 heavy (non-hydrogen) atoms. The molecule has 0 radical (unpaired) electrons. The van der Waals surface area contributed by atoms with E-state index in [1.54, 1.807) is 6.92 Å². The Bertz CT molecular complexity index is 197. The monoisotopic (exact) mass is 228 g/mol. The van der Waals surface area contributed by atoms with E-state index >= 15 is 0 Å². The molecule has 1 aliphatic carbocycles. The van der Waals surface area contributed by atoms with Gasteiger partial charge in [0, 0.05) is 6.42 Å². The van der Waals surface area contributed by atoms with Crippen molar-refractivity contribution in [2.24, 2.45) is 5.92 Å². The van der Waals surface area contributed by atoms with E-state index in [2.05, 4.69) is 0 Å². The van der Waals surface area contributed by atoms with Gasteiger partial charge in [0.25, 0.3) is 0 Å². The van der Waals surface area contributed by atoms with E-state index in [-0.39, 0.29) is 12.1 Å². The minimum absolute atomic E-state index is 0.190. The fourth-order valence-electron chi connectivity index (χ4n) is 2.44. The van der Waals surface area contributed by atoms with Crippen LogP contribution in [0.5, 0.6) is 0 Å². The Morgan fingerprint density at radius 2 is 2.06 bits per heavy atom. The number of carbonyl (C=O) groups is 1. The summed E-state index contributed by atoms with van der Waals surface area (Å²) in [4.78, 5) is 11.1. The highest BCUT2D eigenvalue weighted by Crippen LogP contribution is 2.28. The van der Waals surface area contributed by atoms with Gasteiger partial charge in [-0.1, -0.05) is 32.1 Å². The van der Waals surface area contributed by atoms with Gasteiger partial charge in [0.05, 0.1) is 12.7 Å². The molecule has 1 unspecified atom stereocenters. The Balaban J connectivity index is 2.09. The van der Waals surface area contributed by atoms with E-state index < -0.39 is 0 Å². The Morgan fingerprint density at radius 1 is 1.38 bits per heavy atom. The van der Waals surface area contributed by atoms with Crippen LogP contribution in [0.2, 0.25) is 0 Å². The van der Waals surface area contributed by atoms with Crippen molar-refractivity contribution in [3.05, 3.63) is 0 Å². The zero-order chi connectivity index (χ0) is 11.8. The lowest BCUT2D eigenvalue weighted by atomic mass is 9.85. The molecule has 1 rings (SSSR count). The second-order valence-electron chi connectivity index (χ2n) is 4.74. The molecular formula is C13H24O3. The average molecular weight is 228 g/mol. The number of hydrogen-bond donors (Lipinski definition) is 1. The molecule has 0 spiro atoms. The lowest BCUT2D eigenvalue weighted by Crippen LogP contribution is -2.17. The number of esters is 1. The van der Waals surface area contributed by atoms with Crippen molar-refractivity contribution in [3.63, 3.8) is 0 Å². The van der Waals surface area contributed by atoms with Gasteiger partial charge in [-0.3, -0.25) is 4.79 Å². The molecule has 0 aromatic heterocycles. The summed E-state index contributed by atoms with van der Waals surface area (Å²) < 4.78 is 4.83. The van der Waals surface area contributed by atoms with Gasteiger partial charge < -0.3 is 9.84 Å². The number of rotatable bonds is 6. The summed E-state index contributed by atoms with van der Waals surface area (Å²) in [5.41, 5.74) is 0. The molecular weight excluding hydrogens is 204 g/mol. The molecule has 0 bridgehead atoms. The van der Waals surface area contributed by atoms with Gasteiger partial charge in [-0.25, -0.2) is 0 Å². The Morgan fingerprint density at radius 3 is 2.69 bits per heavy atom. The molecule has 3 heteroatoms. The molecule has 1 aliphatic rings. The normalized spacial score (nSPS) is 19.4. The summed E-state index contributed by atoms with van der Waals surface area (Å²) in [6.07, 6.45) is 7.87. The highest BCUT2D eigenvalue weighted by molar-refractivity contribution is 5.69. The van der Waals surface area contributed by atoms with Crippen LogP contribution in [0.1, 0.15) is 58.3 Å². The van der Waals surface area contributed by atoms with Gasteiger partial charge >= 0.3 is 5.97 Å². The van der Waals surface area contributed by atoms with Crippen LogP contribution < -0.4 is 0 Å². The van der Waals surface area contributed by atoms with Gasteiger partial charge in [-0.15, -0.1) is 0 Å². The van der Waals surface area contributed by atoms with E-state index in [0.29, 0.717) is 25.4 Å². The van der Waals surface area contributed by atoms with Crippen LogP contribution in [0.25, 0.3) is 0 Å². The fraction of sp³-hybridized carbons (Fsp3) is 0.923. The first-order valence-electron chi connectivity index (χ1n) is 6.56. The molecule has 1 saturated carbocycles. The molecule has 0 aromatic carbocycles. The van der Waals surface area contributed by atoms with E-state index in [0.717, 1.165) is 6.42 Å². The fourth-order valence-corrected chi connectivity index (χ4v) is 2.44. The predicted octanol–water partition coefficient (Wildman–Crippen LogP) is 2.66. The molecule has 0 amide bonds. The van der Waals surface area contributed by atoms with Gasteiger partial charge in [-0.05, 0) is 25.7 Å². The topological polar surface area (TPSA) is 46.5 Å². The van der Waals surface area contributed by atoms with Crippen LogP contribution in [0, 0.1) is 5.92 Å². The van der Waals surface area contributed by atoms with Crippen LogP contribution >= 0.6 is 0 Å². The third kappa shape index (κ3) is 5.50. The first-order chi connectivity index (χ1) is 7.72. The third-order valence-electron chi connectivity index (χ3n) is 3.32. The lowest BCUT2D eigenvalue weighted by Gasteiger charge is -2.23. The Kier molecular flexibility index (Phi) is 6.46. The number of aliphatic hydroxyl groups is 1. The van der Waals surface area contributed by atoms with Crippen LogP contribution in [0.15, 0.2) is 0 Å². The second-order valence-corrected chi connectivity index (χ2v) is 4.74. The molecule has 1 fully saturated rings. The highest BCUT2D eigenvalue weighted by Gasteiger charge is 2.18. The summed E-state index contributed by atoms with van der Waals surface area (Å²) in [6.45, 7) is 2.23. The molecule has 1 N–H and O–H groups in total. The molecule has 0 aromatic rings. The average Bonchev–Trinajstić information content (AvgIpc) is 2.28. The largest absolute Gasteiger partial charge is 0.466 e. The molecule has 0 saturated heterocycles. The SMILES string of the molecule is CCOC(=O)CCC(O)CC1CCCCC1.